The van der Waals surface area contributed by atoms with E-state index in [2.05, 4.69) is 42.7 Å². The van der Waals surface area contributed by atoms with Crippen LogP contribution in [0.5, 0.6) is 0 Å². The number of ether oxygens (including phenoxy) is 1. The van der Waals surface area contributed by atoms with Crippen molar-refractivity contribution < 1.29 is 9.53 Å². The fourth-order valence-corrected chi connectivity index (χ4v) is 2.62. The van der Waals surface area contributed by atoms with Crippen LogP contribution in [0.2, 0.25) is 0 Å². The second-order valence-electron chi connectivity index (χ2n) is 5.40. The normalized spacial score (nSPS) is 17.9. The molecule has 0 bridgehead atoms. The first-order valence-electron chi connectivity index (χ1n) is 7.29. The maximum absolute atomic E-state index is 11.9. The van der Waals surface area contributed by atoms with Gasteiger partial charge in [-0.25, -0.2) is 0 Å². The highest BCUT2D eigenvalue weighted by atomic mass is 35.5. The van der Waals surface area contributed by atoms with Crippen molar-refractivity contribution in [3.05, 3.63) is 34.9 Å². The molecule has 1 saturated heterocycles. The average Bonchev–Trinajstić information content (AvgIpc) is 2.43. The third-order valence-corrected chi connectivity index (χ3v) is 3.77. The van der Waals surface area contributed by atoms with Gasteiger partial charge in [0.25, 0.3) is 0 Å². The Morgan fingerprint density at radius 1 is 1.38 bits per heavy atom. The van der Waals surface area contributed by atoms with Crippen LogP contribution in [0.4, 0.5) is 0 Å². The molecule has 2 rings (SSSR count). The number of hydrogen-bond acceptors (Lipinski definition) is 3. The Morgan fingerprint density at radius 3 is 2.71 bits per heavy atom. The Kier molecular flexibility index (Phi) is 7.72. The van der Waals surface area contributed by atoms with Gasteiger partial charge in [-0.15, -0.1) is 12.4 Å². The molecule has 0 saturated carbocycles. The summed E-state index contributed by atoms with van der Waals surface area (Å²) >= 11 is 0. The summed E-state index contributed by atoms with van der Waals surface area (Å²) in [5.41, 5.74) is 3.93. The number of morpholine rings is 1. The van der Waals surface area contributed by atoms with Crippen LogP contribution < -0.4 is 10.6 Å². The van der Waals surface area contributed by atoms with Crippen molar-refractivity contribution in [3.63, 3.8) is 0 Å². The summed E-state index contributed by atoms with van der Waals surface area (Å²) in [5, 5.41) is 6.29. The molecule has 118 valence electrons. The van der Waals surface area contributed by atoms with Crippen molar-refractivity contribution in [3.8, 4) is 0 Å². The number of amides is 1. The summed E-state index contributed by atoms with van der Waals surface area (Å²) in [6.07, 6.45) is 1.38. The van der Waals surface area contributed by atoms with E-state index in [-0.39, 0.29) is 24.4 Å². The van der Waals surface area contributed by atoms with E-state index in [0.717, 1.165) is 19.6 Å². The molecule has 0 aliphatic carbocycles. The summed E-state index contributed by atoms with van der Waals surface area (Å²) in [4.78, 5) is 11.9. The lowest BCUT2D eigenvalue weighted by atomic mass is 10.0. The van der Waals surface area contributed by atoms with Gasteiger partial charge in [0, 0.05) is 25.6 Å². The van der Waals surface area contributed by atoms with Gasteiger partial charge in [-0.05, 0) is 37.0 Å². The highest BCUT2D eigenvalue weighted by Crippen LogP contribution is 2.13. The zero-order chi connectivity index (χ0) is 14.4. The molecule has 1 unspecified atom stereocenters. The Bertz CT molecular complexity index is 439. The van der Waals surface area contributed by atoms with Gasteiger partial charge < -0.3 is 15.4 Å². The molecule has 1 fully saturated rings. The van der Waals surface area contributed by atoms with Crippen LogP contribution in [0, 0.1) is 13.8 Å². The SMILES string of the molecule is Cc1cccc(C)c1CCNC(=O)CC1COCCN1.Cl. The summed E-state index contributed by atoms with van der Waals surface area (Å²) in [7, 11) is 0. The molecule has 1 aliphatic rings. The first kappa shape index (κ1) is 18.0. The molecule has 1 aromatic carbocycles. The molecule has 5 heteroatoms. The smallest absolute Gasteiger partial charge is 0.221 e. The average molecular weight is 313 g/mol. The number of hydrogen-bond donors (Lipinski definition) is 2. The van der Waals surface area contributed by atoms with Crippen LogP contribution in [-0.2, 0) is 16.0 Å². The predicted octanol–water partition coefficient (Wildman–Crippen LogP) is 1.76. The topological polar surface area (TPSA) is 50.4 Å². The molecule has 4 nitrogen and oxygen atoms in total. The Morgan fingerprint density at radius 2 is 2.10 bits per heavy atom. The largest absolute Gasteiger partial charge is 0.378 e. The molecule has 2 N–H and O–H groups in total. The lowest BCUT2D eigenvalue weighted by molar-refractivity contribution is -0.122. The lowest BCUT2D eigenvalue weighted by Crippen LogP contribution is -2.44. The fourth-order valence-electron chi connectivity index (χ4n) is 2.62. The molecule has 1 aromatic rings. The number of carbonyl (C=O) groups excluding carboxylic acids is 1. The van der Waals surface area contributed by atoms with Crippen LogP contribution >= 0.6 is 12.4 Å². The standard InChI is InChI=1S/C16H24N2O2.ClH/c1-12-4-3-5-13(2)15(12)6-7-18-16(19)10-14-11-20-9-8-17-14;/h3-5,14,17H,6-11H2,1-2H3,(H,18,19);1H. The van der Waals surface area contributed by atoms with Crippen molar-refractivity contribution in [2.45, 2.75) is 32.7 Å². The molecule has 0 radical (unpaired) electrons. The van der Waals surface area contributed by atoms with Gasteiger partial charge in [0.05, 0.1) is 13.2 Å². The number of halogens is 1. The van der Waals surface area contributed by atoms with Gasteiger partial charge >= 0.3 is 0 Å². The number of aryl methyl sites for hydroxylation is 2. The Balaban J connectivity index is 0.00000220. The van der Waals surface area contributed by atoms with Crippen LogP contribution in [0.3, 0.4) is 0 Å². The number of benzene rings is 1. The molecule has 1 heterocycles. The Hall–Kier alpha value is -1.10. The molecule has 21 heavy (non-hydrogen) atoms. The van der Waals surface area contributed by atoms with E-state index in [1.54, 1.807) is 0 Å². The number of nitrogens with one attached hydrogen (secondary N) is 2. The summed E-state index contributed by atoms with van der Waals surface area (Å²) < 4.78 is 5.35. The molecule has 1 aliphatic heterocycles. The summed E-state index contributed by atoms with van der Waals surface area (Å²) in [5.74, 6) is 0.0965. The van der Waals surface area contributed by atoms with E-state index >= 15 is 0 Å². The number of carbonyl (C=O) groups is 1. The van der Waals surface area contributed by atoms with E-state index in [9.17, 15) is 4.79 Å². The van der Waals surface area contributed by atoms with E-state index in [0.29, 0.717) is 19.6 Å². The highest BCUT2D eigenvalue weighted by Gasteiger charge is 2.16. The van der Waals surface area contributed by atoms with Gasteiger partial charge in [-0.1, -0.05) is 18.2 Å². The second-order valence-corrected chi connectivity index (χ2v) is 5.40. The van der Waals surface area contributed by atoms with E-state index in [1.165, 1.54) is 16.7 Å². The molecule has 1 amide bonds. The van der Waals surface area contributed by atoms with Crippen molar-refractivity contribution in [1.82, 2.24) is 10.6 Å². The van der Waals surface area contributed by atoms with Gasteiger partial charge in [0.15, 0.2) is 0 Å². The highest BCUT2D eigenvalue weighted by molar-refractivity contribution is 5.85. The molecule has 0 aromatic heterocycles. The van der Waals surface area contributed by atoms with E-state index in [4.69, 9.17) is 4.74 Å². The zero-order valence-corrected chi connectivity index (χ0v) is 13.6. The van der Waals surface area contributed by atoms with Crippen LogP contribution in [0.25, 0.3) is 0 Å². The molecule has 0 spiro atoms. The van der Waals surface area contributed by atoms with E-state index < -0.39 is 0 Å². The van der Waals surface area contributed by atoms with E-state index in [1.807, 2.05) is 0 Å². The van der Waals surface area contributed by atoms with Crippen LogP contribution in [0.1, 0.15) is 23.1 Å². The minimum absolute atomic E-state index is 0. The van der Waals surface area contributed by atoms with Crippen molar-refractivity contribution in [1.29, 1.82) is 0 Å². The van der Waals surface area contributed by atoms with Crippen LogP contribution in [-0.4, -0.2) is 38.3 Å². The minimum Gasteiger partial charge on any atom is -0.378 e. The maximum atomic E-state index is 11.9. The van der Waals surface area contributed by atoms with Crippen LogP contribution in [0.15, 0.2) is 18.2 Å². The third-order valence-electron chi connectivity index (χ3n) is 3.77. The maximum Gasteiger partial charge on any atom is 0.221 e. The summed E-state index contributed by atoms with van der Waals surface area (Å²) in [6.45, 7) is 7.13. The minimum atomic E-state index is 0. The van der Waals surface area contributed by atoms with Gasteiger partial charge in [0.2, 0.25) is 5.91 Å². The van der Waals surface area contributed by atoms with Gasteiger partial charge in [0.1, 0.15) is 0 Å². The van der Waals surface area contributed by atoms with Gasteiger partial charge in [-0.3, -0.25) is 4.79 Å². The zero-order valence-electron chi connectivity index (χ0n) is 12.8. The quantitative estimate of drug-likeness (QED) is 0.871. The van der Waals surface area contributed by atoms with Crippen molar-refractivity contribution in [2.75, 3.05) is 26.3 Å². The molecular weight excluding hydrogens is 288 g/mol. The van der Waals surface area contributed by atoms with Gasteiger partial charge in [-0.2, -0.15) is 0 Å². The predicted molar refractivity (Wildman–Crippen MR) is 87.1 cm³/mol. The Labute approximate surface area is 133 Å². The molecule has 1 atom stereocenters. The van der Waals surface area contributed by atoms with Crippen molar-refractivity contribution in [2.24, 2.45) is 0 Å². The second kappa shape index (κ2) is 9.03. The van der Waals surface area contributed by atoms with Crippen molar-refractivity contribution >= 4 is 18.3 Å². The lowest BCUT2D eigenvalue weighted by Gasteiger charge is -2.23. The first-order chi connectivity index (χ1) is 9.66. The third kappa shape index (κ3) is 5.65. The first-order valence-corrected chi connectivity index (χ1v) is 7.29. The monoisotopic (exact) mass is 312 g/mol. The summed E-state index contributed by atoms with van der Waals surface area (Å²) in [6, 6.07) is 6.46. The number of rotatable bonds is 5. The molecular formula is C16H25ClN2O2. The fraction of sp³-hybridized carbons (Fsp3) is 0.562.